The van der Waals surface area contributed by atoms with E-state index in [9.17, 15) is 18.0 Å². The minimum atomic E-state index is -4.08. The van der Waals surface area contributed by atoms with Crippen LogP contribution in [0.4, 0.5) is 11.4 Å². The van der Waals surface area contributed by atoms with Gasteiger partial charge < -0.3 is 5.32 Å². The summed E-state index contributed by atoms with van der Waals surface area (Å²) >= 11 is 0. The molecular formula is C28H30N4O4S. The maximum absolute atomic E-state index is 13.7. The van der Waals surface area contributed by atoms with Crippen LogP contribution in [-0.2, 0) is 21.9 Å². The van der Waals surface area contributed by atoms with Crippen LogP contribution in [0, 0.1) is 27.7 Å². The fourth-order valence-electron chi connectivity index (χ4n) is 4.15. The molecule has 1 N–H and O–H groups in total. The van der Waals surface area contributed by atoms with Gasteiger partial charge in [0.25, 0.3) is 15.6 Å². The van der Waals surface area contributed by atoms with Crippen LogP contribution < -0.4 is 15.2 Å². The van der Waals surface area contributed by atoms with Crippen LogP contribution in [0.25, 0.3) is 5.69 Å². The maximum atomic E-state index is 13.7. The molecule has 0 radical (unpaired) electrons. The van der Waals surface area contributed by atoms with Crippen molar-refractivity contribution in [1.29, 1.82) is 0 Å². The molecule has 0 saturated carbocycles. The zero-order valence-electron chi connectivity index (χ0n) is 21.5. The first-order valence-corrected chi connectivity index (χ1v) is 13.2. The summed E-state index contributed by atoms with van der Waals surface area (Å²) < 4.78 is 31.7. The van der Waals surface area contributed by atoms with Crippen molar-refractivity contribution in [3.8, 4) is 5.69 Å². The topological polar surface area (TPSA) is 93.4 Å². The van der Waals surface area contributed by atoms with E-state index in [1.165, 1.54) is 16.8 Å². The fourth-order valence-corrected chi connectivity index (χ4v) is 5.62. The Bertz CT molecular complexity index is 1620. The van der Waals surface area contributed by atoms with Crippen molar-refractivity contribution >= 4 is 27.3 Å². The average Bonchev–Trinajstić information content (AvgIpc) is 3.07. The second kappa shape index (κ2) is 10.1. The van der Waals surface area contributed by atoms with Gasteiger partial charge in [0, 0.05) is 7.05 Å². The second-order valence-corrected chi connectivity index (χ2v) is 11.0. The van der Waals surface area contributed by atoms with Crippen molar-refractivity contribution in [2.24, 2.45) is 7.05 Å². The van der Waals surface area contributed by atoms with Crippen LogP contribution in [0.15, 0.2) is 82.5 Å². The van der Waals surface area contributed by atoms with Gasteiger partial charge in [-0.1, -0.05) is 48.0 Å². The lowest BCUT2D eigenvalue weighted by molar-refractivity contribution is -0.114. The Kier molecular flexibility index (Phi) is 7.09. The summed E-state index contributed by atoms with van der Waals surface area (Å²) in [6.45, 7) is 6.75. The highest BCUT2D eigenvalue weighted by molar-refractivity contribution is 7.92. The predicted molar refractivity (Wildman–Crippen MR) is 146 cm³/mol. The minimum absolute atomic E-state index is 0.0779. The molecule has 1 amide bonds. The third kappa shape index (κ3) is 5.08. The van der Waals surface area contributed by atoms with Gasteiger partial charge in [0.1, 0.15) is 12.2 Å². The highest BCUT2D eigenvalue weighted by Gasteiger charge is 2.29. The first-order chi connectivity index (χ1) is 17.5. The molecule has 0 aliphatic heterocycles. The van der Waals surface area contributed by atoms with Crippen molar-refractivity contribution in [1.82, 2.24) is 9.36 Å². The molecule has 0 unspecified atom stereocenters. The van der Waals surface area contributed by atoms with Gasteiger partial charge in [-0.25, -0.2) is 13.1 Å². The van der Waals surface area contributed by atoms with Gasteiger partial charge in [0.15, 0.2) is 0 Å². The van der Waals surface area contributed by atoms with Crippen LogP contribution >= 0.6 is 0 Å². The van der Waals surface area contributed by atoms with Crippen LogP contribution in [0.3, 0.4) is 0 Å². The van der Waals surface area contributed by atoms with E-state index in [4.69, 9.17) is 0 Å². The number of benzene rings is 3. The molecule has 192 valence electrons. The van der Waals surface area contributed by atoms with Crippen LogP contribution in [-0.4, -0.2) is 30.2 Å². The number of sulfonamides is 1. The Hall–Kier alpha value is -4.11. The average molecular weight is 519 g/mol. The van der Waals surface area contributed by atoms with E-state index in [1.807, 2.05) is 44.2 Å². The largest absolute Gasteiger partial charge is 0.318 e. The standard InChI is InChI=1S/C28H30N4O4S/c1-19-12-15-24(16-13-19)37(35,36)31(25-17-20(2)11-14-21(25)3)18-26(33)29-27-22(4)30(5)32(28(27)34)23-9-7-6-8-10-23/h6-17H,18H2,1-5H3,(H,29,33). The van der Waals surface area contributed by atoms with E-state index >= 15 is 0 Å². The number of para-hydroxylation sites is 1. The van der Waals surface area contributed by atoms with Crippen LogP contribution in [0.5, 0.6) is 0 Å². The summed E-state index contributed by atoms with van der Waals surface area (Å²) in [6.07, 6.45) is 0. The minimum Gasteiger partial charge on any atom is -0.318 e. The van der Waals surface area contributed by atoms with E-state index in [2.05, 4.69) is 5.32 Å². The molecule has 0 fully saturated rings. The highest BCUT2D eigenvalue weighted by Crippen LogP contribution is 2.28. The lowest BCUT2D eigenvalue weighted by atomic mass is 10.1. The molecule has 9 heteroatoms. The Morgan fingerprint density at radius 3 is 2.16 bits per heavy atom. The van der Waals surface area contributed by atoms with Gasteiger partial charge in [-0.05, 0) is 69.2 Å². The Morgan fingerprint density at radius 2 is 1.51 bits per heavy atom. The third-order valence-corrected chi connectivity index (χ3v) is 8.12. The molecule has 0 aliphatic carbocycles. The normalized spacial score (nSPS) is 11.4. The summed E-state index contributed by atoms with van der Waals surface area (Å²) in [5, 5.41) is 2.68. The summed E-state index contributed by atoms with van der Waals surface area (Å²) in [6, 6.07) is 21.0. The maximum Gasteiger partial charge on any atom is 0.295 e. The van der Waals surface area contributed by atoms with Gasteiger partial charge in [-0.3, -0.25) is 18.6 Å². The number of nitrogens with zero attached hydrogens (tertiary/aromatic N) is 3. The van der Waals surface area contributed by atoms with Crippen molar-refractivity contribution in [3.63, 3.8) is 0 Å². The number of carbonyl (C=O) groups excluding carboxylic acids is 1. The molecule has 0 aliphatic rings. The Morgan fingerprint density at radius 1 is 0.892 bits per heavy atom. The quantitative estimate of drug-likeness (QED) is 0.396. The van der Waals surface area contributed by atoms with E-state index in [0.29, 0.717) is 22.6 Å². The molecule has 37 heavy (non-hydrogen) atoms. The summed E-state index contributed by atoms with van der Waals surface area (Å²) in [5.74, 6) is -0.623. The molecule has 1 aromatic heterocycles. The monoisotopic (exact) mass is 518 g/mol. The van der Waals surface area contributed by atoms with Gasteiger partial charge in [-0.15, -0.1) is 0 Å². The lowest BCUT2D eigenvalue weighted by Crippen LogP contribution is -2.39. The van der Waals surface area contributed by atoms with E-state index in [1.54, 1.807) is 55.9 Å². The summed E-state index contributed by atoms with van der Waals surface area (Å²) in [5.41, 5.74) is 3.78. The first-order valence-electron chi connectivity index (χ1n) is 11.8. The zero-order chi connectivity index (χ0) is 26.9. The van der Waals surface area contributed by atoms with Crippen molar-refractivity contribution in [2.75, 3.05) is 16.2 Å². The number of aromatic nitrogens is 2. The number of anilines is 2. The fraction of sp³-hybridized carbons (Fsp3) is 0.214. The van der Waals surface area contributed by atoms with Crippen LogP contribution in [0.1, 0.15) is 22.4 Å². The smallest absolute Gasteiger partial charge is 0.295 e. The predicted octanol–water partition coefficient (Wildman–Crippen LogP) is 4.24. The summed E-state index contributed by atoms with van der Waals surface area (Å²) in [7, 11) is -2.35. The number of hydrogen-bond acceptors (Lipinski definition) is 4. The molecule has 0 atom stereocenters. The lowest BCUT2D eigenvalue weighted by Gasteiger charge is -2.26. The Labute approximate surface area is 216 Å². The third-order valence-electron chi connectivity index (χ3n) is 6.35. The number of nitrogens with one attached hydrogen (secondary N) is 1. The number of amides is 1. The highest BCUT2D eigenvalue weighted by atomic mass is 32.2. The Balaban J connectivity index is 1.73. The van der Waals surface area contributed by atoms with Crippen LogP contribution in [0.2, 0.25) is 0 Å². The molecule has 4 aromatic rings. The van der Waals surface area contributed by atoms with E-state index < -0.39 is 28.0 Å². The number of rotatable bonds is 7. The van der Waals surface area contributed by atoms with Gasteiger partial charge in [0.2, 0.25) is 5.91 Å². The molecule has 1 heterocycles. The number of carbonyl (C=O) groups is 1. The summed E-state index contributed by atoms with van der Waals surface area (Å²) in [4.78, 5) is 26.6. The van der Waals surface area contributed by atoms with Gasteiger partial charge >= 0.3 is 0 Å². The van der Waals surface area contributed by atoms with Gasteiger partial charge in [0.05, 0.1) is 22.0 Å². The second-order valence-electron chi connectivity index (χ2n) is 9.10. The molecule has 8 nitrogen and oxygen atoms in total. The number of aryl methyl sites for hydroxylation is 3. The number of hydrogen-bond donors (Lipinski definition) is 1. The van der Waals surface area contributed by atoms with Crippen molar-refractivity contribution < 1.29 is 13.2 Å². The first kappa shape index (κ1) is 26.0. The molecule has 3 aromatic carbocycles. The van der Waals surface area contributed by atoms with Crippen molar-refractivity contribution in [2.45, 2.75) is 32.6 Å². The SMILES string of the molecule is Cc1ccc(S(=O)(=O)N(CC(=O)Nc2c(C)n(C)n(-c3ccccc3)c2=O)c2cc(C)ccc2C)cc1. The van der Waals surface area contributed by atoms with Crippen molar-refractivity contribution in [3.05, 3.63) is 106 Å². The van der Waals surface area contributed by atoms with E-state index in [-0.39, 0.29) is 10.6 Å². The molecule has 0 saturated heterocycles. The zero-order valence-corrected chi connectivity index (χ0v) is 22.3. The molecule has 0 spiro atoms. The molecule has 4 rings (SSSR count). The molecule has 0 bridgehead atoms. The van der Waals surface area contributed by atoms with Gasteiger partial charge in [-0.2, -0.15) is 0 Å². The molecular weight excluding hydrogens is 488 g/mol. The van der Waals surface area contributed by atoms with E-state index in [0.717, 1.165) is 15.4 Å².